The van der Waals surface area contributed by atoms with Crippen LogP contribution in [0.1, 0.15) is 32.9 Å². The maximum Gasteiger partial charge on any atom is 0.255 e. The molecule has 0 fully saturated rings. The van der Waals surface area contributed by atoms with Gasteiger partial charge in [-0.25, -0.2) is 0 Å². The van der Waals surface area contributed by atoms with Crippen molar-refractivity contribution in [2.75, 3.05) is 5.32 Å². The number of carbonyl (C=O) groups excluding carboxylic acids is 1. The highest BCUT2D eigenvalue weighted by molar-refractivity contribution is 9.10. The van der Waals surface area contributed by atoms with Crippen molar-refractivity contribution < 1.29 is 4.79 Å². The zero-order valence-electron chi connectivity index (χ0n) is 14.5. The molecule has 0 saturated carbocycles. The minimum Gasteiger partial charge on any atom is -0.322 e. The number of amides is 1. The van der Waals surface area contributed by atoms with Gasteiger partial charge in [0.1, 0.15) is 0 Å². The van der Waals surface area contributed by atoms with Gasteiger partial charge in [-0.05, 0) is 71.7 Å². The number of nitriles is 1. The van der Waals surface area contributed by atoms with Crippen molar-refractivity contribution in [3.63, 3.8) is 0 Å². The number of rotatable bonds is 4. The molecule has 0 atom stereocenters. The van der Waals surface area contributed by atoms with E-state index in [1.165, 1.54) is 0 Å². The highest BCUT2D eigenvalue weighted by Gasteiger charge is 2.11. The Morgan fingerprint density at radius 1 is 1.23 bits per heavy atom. The van der Waals surface area contributed by atoms with Gasteiger partial charge >= 0.3 is 0 Å². The smallest absolute Gasteiger partial charge is 0.255 e. The summed E-state index contributed by atoms with van der Waals surface area (Å²) >= 11 is 3.53. The molecule has 3 aromatic rings. The molecule has 0 aliphatic heterocycles. The molecule has 2 aromatic carbocycles. The molecule has 3 rings (SSSR count). The largest absolute Gasteiger partial charge is 0.322 e. The molecule has 0 aliphatic carbocycles. The van der Waals surface area contributed by atoms with Crippen LogP contribution < -0.4 is 5.32 Å². The molecule has 5 nitrogen and oxygen atoms in total. The van der Waals surface area contributed by atoms with Crippen LogP contribution in [0.25, 0.3) is 0 Å². The summed E-state index contributed by atoms with van der Waals surface area (Å²) in [7, 11) is 0. The van der Waals surface area contributed by atoms with Crippen LogP contribution in [-0.2, 0) is 6.54 Å². The van der Waals surface area contributed by atoms with Gasteiger partial charge in [-0.2, -0.15) is 10.4 Å². The average molecular weight is 409 g/mol. The molecule has 1 amide bonds. The summed E-state index contributed by atoms with van der Waals surface area (Å²) in [5, 5.41) is 16.2. The maximum absolute atomic E-state index is 12.5. The number of halogens is 1. The molecule has 0 radical (unpaired) electrons. The zero-order valence-corrected chi connectivity index (χ0v) is 16.0. The number of aromatic nitrogens is 2. The maximum atomic E-state index is 12.5. The van der Waals surface area contributed by atoms with Crippen molar-refractivity contribution in [1.82, 2.24) is 9.78 Å². The lowest BCUT2D eigenvalue weighted by molar-refractivity contribution is 0.102. The molecule has 1 heterocycles. The third kappa shape index (κ3) is 3.84. The first-order valence-electron chi connectivity index (χ1n) is 8.08. The number of anilines is 1. The van der Waals surface area contributed by atoms with E-state index in [1.807, 2.05) is 36.7 Å². The second kappa shape index (κ2) is 7.54. The molecule has 130 valence electrons. The summed E-state index contributed by atoms with van der Waals surface area (Å²) in [6, 6.07) is 16.3. The van der Waals surface area contributed by atoms with Crippen molar-refractivity contribution in [3.8, 4) is 6.07 Å². The first-order valence-corrected chi connectivity index (χ1v) is 8.87. The van der Waals surface area contributed by atoms with Crippen LogP contribution >= 0.6 is 15.9 Å². The van der Waals surface area contributed by atoms with Gasteiger partial charge in [0.05, 0.1) is 34.0 Å². The topological polar surface area (TPSA) is 70.7 Å². The van der Waals surface area contributed by atoms with Gasteiger partial charge in [0.15, 0.2) is 0 Å². The number of aryl methyl sites for hydroxylation is 1. The van der Waals surface area contributed by atoms with E-state index in [2.05, 4.69) is 32.4 Å². The number of nitrogens with zero attached hydrogens (tertiary/aromatic N) is 3. The number of hydrogen-bond acceptors (Lipinski definition) is 3. The van der Waals surface area contributed by atoms with E-state index in [-0.39, 0.29) is 5.91 Å². The minimum atomic E-state index is -0.189. The summed E-state index contributed by atoms with van der Waals surface area (Å²) in [6.45, 7) is 4.55. The fourth-order valence-electron chi connectivity index (χ4n) is 2.64. The predicted molar refractivity (Wildman–Crippen MR) is 104 cm³/mol. The van der Waals surface area contributed by atoms with Gasteiger partial charge in [-0.3, -0.25) is 9.48 Å². The van der Waals surface area contributed by atoms with E-state index in [0.29, 0.717) is 23.4 Å². The molecule has 0 unspecified atom stereocenters. The van der Waals surface area contributed by atoms with E-state index in [4.69, 9.17) is 5.26 Å². The van der Waals surface area contributed by atoms with Gasteiger partial charge in [-0.1, -0.05) is 12.1 Å². The van der Waals surface area contributed by atoms with Gasteiger partial charge in [-0.15, -0.1) is 0 Å². The third-order valence-electron chi connectivity index (χ3n) is 4.09. The van der Waals surface area contributed by atoms with Crippen LogP contribution in [0.2, 0.25) is 0 Å². The van der Waals surface area contributed by atoms with E-state index in [9.17, 15) is 4.79 Å². The molecule has 0 aliphatic rings. The summed E-state index contributed by atoms with van der Waals surface area (Å²) in [6.07, 6.45) is 0. The molecule has 26 heavy (non-hydrogen) atoms. The number of nitrogens with one attached hydrogen (secondary N) is 1. The molecular formula is C20H17BrN4O. The van der Waals surface area contributed by atoms with Gasteiger partial charge in [0.25, 0.3) is 5.91 Å². The molecule has 0 spiro atoms. The van der Waals surface area contributed by atoms with Crippen LogP contribution in [0.3, 0.4) is 0 Å². The van der Waals surface area contributed by atoms with E-state index in [1.54, 1.807) is 30.3 Å². The van der Waals surface area contributed by atoms with E-state index >= 15 is 0 Å². The summed E-state index contributed by atoms with van der Waals surface area (Å²) in [5.41, 5.74) is 4.78. The average Bonchev–Trinajstić information content (AvgIpc) is 2.89. The highest BCUT2D eigenvalue weighted by Crippen LogP contribution is 2.21. The lowest BCUT2D eigenvalue weighted by Gasteiger charge is -2.08. The predicted octanol–water partition coefficient (Wildman–Crippen LogP) is 4.43. The van der Waals surface area contributed by atoms with Crippen LogP contribution in [0, 0.1) is 25.2 Å². The molecule has 6 heteroatoms. The summed E-state index contributed by atoms with van der Waals surface area (Å²) < 4.78 is 2.92. The first kappa shape index (κ1) is 17.9. The Morgan fingerprint density at radius 3 is 2.58 bits per heavy atom. The zero-order chi connectivity index (χ0) is 18.7. The van der Waals surface area contributed by atoms with Gasteiger partial charge in [0, 0.05) is 11.3 Å². The molecule has 1 aromatic heterocycles. The third-order valence-corrected chi connectivity index (χ3v) is 5.23. The van der Waals surface area contributed by atoms with E-state index in [0.717, 1.165) is 21.4 Å². The van der Waals surface area contributed by atoms with Crippen molar-refractivity contribution in [2.45, 2.75) is 20.4 Å². The molecule has 0 bridgehead atoms. The standard InChI is InChI=1S/C20H17BrN4O/c1-13-19(21)14(2)25(24-13)12-16-4-3-5-17(10-16)20(26)23-18-8-6-15(11-22)7-9-18/h3-10H,12H2,1-2H3,(H,23,26). The van der Waals surface area contributed by atoms with Crippen molar-refractivity contribution in [3.05, 3.63) is 81.1 Å². The Hall–Kier alpha value is -2.91. The van der Waals surface area contributed by atoms with Crippen LogP contribution in [0.5, 0.6) is 0 Å². The summed E-state index contributed by atoms with van der Waals surface area (Å²) in [5.74, 6) is -0.189. The molecular weight excluding hydrogens is 392 g/mol. The normalized spacial score (nSPS) is 10.4. The van der Waals surface area contributed by atoms with Crippen molar-refractivity contribution >= 4 is 27.5 Å². The van der Waals surface area contributed by atoms with Crippen LogP contribution in [0.4, 0.5) is 5.69 Å². The van der Waals surface area contributed by atoms with Crippen molar-refractivity contribution in [2.24, 2.45) is 0 Å². The van der Waals surface area contributed by atoms with Crippen LogP contribution in [-0.4, -0.2) is 15.7 Å². The van der Waals surface area contributed by atoms with Gasteiger partial charge < -0.3 is 5.32 Å². The monoisotopic (exact) mass is 408 g/mol. The lowest BCUT2D eigenvalue weighted by atomic mass is 10.1. The Kier molecular flexibility index (Phi) is 5.19. The SMILES string of the molecule is Cc1nn(Cc2cccc(C(=O)Nc3ccc(C#N)cc3)c2)c(C)c1Br. The second-order valence-corrected chi connectivity index (χ2v) is 6.78. The Labute approximate surface area is 160 Å². The highest BCUT2D eigenvalue weighted by atomic mass is 79.9. The Balaban J connectivity index is 1.76. The Bertz CT molecular complexity index is 1000. The molecule has 0 saturated heterocycles. The number of benzene rings is 2. The lowest BCUT2D eigenvalue weighted by Crippen LogP contribution is -2.12. The van der Waals surface area contributed by atoms with Crippen molar-refractivity contribution in [1.29, 1.82) is 5.26 Å². The van der Waals surface area contributed by atoms with Gasteiger partial charge in [0.2, 0.25) is 0 Å². The van der Waals surface area contributed by atoms with Crippen LogP contribution in [0.15, 0.2) is 53.0 Å². The first-order chi connectivity index (χ1) is 12.5. The fourth-order valence-corrected chi connectivity index (χ4v) is 2.93. The minimum absolute atomic E-state index is 0.189. The second-order valence-electron chi connectivity index (χ2n) is 5.99. The fraction of sp³-hybridized carbons (Fsp3) is 0.150. The van der Waals surface area contributed by atoms with E-state index < -0.39 is 0 Å². The summed E-state index contributed by atoms with van der Waals surface area (Å²) in [4.78, 5) is 12.5. The quantitative estimate of drug-likeness (QED) is 0.693. The number of hydrogen-bond donors (Lipinski definition) is 1. The molecule has 1 N–H and O–H groups in total. The Morgan fingerprint density at radius 2 is 1.96 bits per heavy atom. The number of carbonyl (C=O) groups is 1.